The number of piperidine rings is 1. The average Bonchev–Trinajstić information content (AvgIpc) is 2.93. The van der Waals surface area contributed by atoms with E-state index in [1.807, 2.05) is 65.6 Å². The highest BCUT2D eigenvalue weighted by Gasteiger charge is 2.28. The topological polar surface area (TPSA) is 107 Å². The quantitative estimate of drug-likeness (QED) is 0.409. The first-order chi connectivity index (χ1) is 18.4. The molecule has 1 amide bonds. The molecule has 0 aromatic heterocycles. The van der Waals surface area contributed by atoms with Gasteiger partial charge in [-0.3, -0.25) is 9.69 Å². The minimum absolute atomic E-state index is 0.127. The van der Waals surface area contributed by atoms with E-state index in [4.69, 9.17) is 24.5 Å². The van der Waals surface area contributed by atoms with Crippen LogP contribution in [-0.4, -0.2) is 57.5 Å². The van der Waals surface area contributed by atoms with Gasteiger partial charge >= 0.3 is 11.9 Å². The van der Waals surface area contributed by atoms with Crippen LogP contribution in [0, 0.1) is 5.92 Å². The number of rotatable bonds is 8. The number of para-hydroxylation sites is 1. The molecule has 0 aliphatic carbocycles. The summed E-state index contributed by atoms with van der Waals surface area (Å²) in [5.41, 5.74) is 2.43. The molecule has 0 saturated carbocycles. The zero-order chi connectivity index (χ0) is 27.3. The third kappa shape index (κ3) is 9.05. The first kappa shape index (κ1) is 28.4. The lowest BCUT2D eigenvalue weighted by molar-refractivity contribution is -0.159. The van der Waals surface area contributed by atoms with E-state index >= 15 is 0 Å². The second-order valence-electron chi connectivity index (χ2n) is 9.06. The standard InChI is InChI=1S/C28H32N2O2.C2H2O4/c1-2-30(22-23-10-5-3-6-11-23)28(31)25-16-18-29(19-17-25)21-24-12-9-15-27(20-24)32-26-13-7-4-8-14-26;3-1(4)2(5)6/h3-15,20,25H,2,16-19,21-22H2,1H3;(H,3,4)(H,5,6). The summed E-state index contributed by atoms with van der Waals surface area (Å²) in [6.07, 6.45) is 1.84. The molecular weight excluding hydrogens is 484 g/mol. The lowest BCUT2D eigenvalue weighted by Crippen LogP contribution is -2.42. The SMILES string of the molecule is CCN(Cc1ccccc1)C(=O)C1CCN(Cc2cccc(Oc3ccccc3)c2)CC1.O=C(O)C(=O)O. The number of likely N-dealkylation sites (tertiary alicyclic amines) is 1. The number of hydrogen-bond acceptors (Lipinski definition) is 5. The van der Waals surface area contributed by atoms with E-state index < -0.39 is 11.9 Å². The van der Waals surface area contributed by atoms with Crippen LogP contribution in [0.1, 0.15) is 30.9 Å². The Labute approximate surface area is 223 Å². The Morgan fingerprint density at radius 1 is 0.816 bits per heavy atom. The summed E-state index contributed by atoms with van der Waals surface area (Å²) in [7, 11) is 0. The Morgan fingerprint density at radius 2 is 1.37 bits per heavy atom. The Bertz CT molecular complexity index is 1170. The van der Waals surface area contributed by atoms with Crippen LogP contribution in [0.2, 0.25) is 0 Å². The smallest absolute Gasteiger partial charge is 0.414 e. The molecule has 0 unspecified atom stereocenters. The predicted octanol–water partition coefficient (Wildman–Crippen LogP) is 4.90. The average molecular weight is 519 g/mol. The van der Waals surface area contributed by atoms with Gasteiger partial charge in [0, 0.05) is 25.6 Å². The van der Waals surface area contributed by atoms with Crippen molar-refractivity contribution in [1.29, 1.82) is 0 Å². The number of carboxylic acid groups (broad SMARTS) is 2. The van der Waals surface area contributed by atoms with Crippen molar-refractivity contribution in [1.82, 2.24) is 9.80 Å². The van der Waals surface area contributed by atoms with Gasteiger partial charge in [0.1, 0.15) is 11.5 Å². The third-order valence-electron chi connectivity index (χ3n) is 6.31. The molecule has 200 valence electrons. The number of carbonyl (C=O) groups is 3. The Hall–Kier alpha value is -4.17. The van der Waals surface area contributed by atoms with Gasteiger partial charge in [-0.1, -0.05) is 60.7 Å². The highest BCUT2D eigenvalue weighted by Crippen LogP contribution is 2.25. The van der Waals surface area contributed by atoms with Gasteiger partial charge in [-0.25, -0.2) is 9.59 Å². The van der Waals surface area contributed by atoms with Crippen LogP contribution in [-0.2, 0) is 27.5 Å². The van der Waals surface area contributed by atoms with Crippen molar-refractivity contribution in [3.63, 3.8) is 0 Å². The van der Waals surface area contributed by atoms with Gasteiger partial charge in [0.15, 0.2) is 0 Å². The first-order valence-electron chi connectivity index (χ1n) is 12.7. The molecule has 4 rings (SSSR count). The Morgan fingerprint density at radius 3 is 1.95 bits per heavy atom. The van der Waals surface area contributed by atoms with Crippen LogP contribution in [0.15, 0.2) is 84.9 Å². The molecule has 8 nitrogen and oxygen atoms in total. The van der Waals surface area contributed by atoms with Crippen LogP contribution in [0.3, 0.4) is 0 Å². The number of carbonyl (C=O) groups excluding carboxylic acids is 1. The van der Waals surface area contributed by atoms with E-state index in [9.17, 15) is 4.79 Å². The molecule has 0 spiro atoms. The second-order valence-corrected chi connectivity index (χ2v) is 9.06. The highest BCUT2D eigenvalue weighted by molar-refractivity contribution is 6.27. The largest absolute Gasteiger partial charge is 0.473 e. The Kier molecular flexibility index (Phi) is 10.9. The molecule has 1 aliphatic heterocycles. The molecule has 8 heteroatoms. The minimum Gasteiger partial charge on any atom is -0.473 e. The summed E-state index contributed by atoms with van der Waals surface area (Å²) in [5.74, 6) is -1.51. The molecule has 1 saturated heterocycles. The summed E-state index contributed by atoms with van der Waals surface area (Å²) < 4.78 is 5.98. The van der Waals surface area contributed by atoms with Crippen LogP contribution in [0.5, 0.6) is 11.5 Å². The summed E-state index contributed by atoms with van der Waals surface area (Å²) in [6.45, 7) is 6.30. The number of aliphatic carboxylic acids is 2. The van der Waals surface area contributed by atoms with Gasteiger partial charge in [-0.05, 0) is 68.2 Å². The molecule has 2 N–H and O–H groups in total. The number of ether oxygens (including phenoxy) is 1. The molecule has 0 bridgehead atoms. The van der Waals surface area contributed by atoms with Gasteiger partial charge in [-0.15, -0.1) is 0 Å². The van der Waals surface area contributed by atoms with Crippen molar-refractivity contribution in [3.05, 3.63) is 96.1 Å². The summed E-state index contributed by atoms with van der Waals surface area (Å²) in [6, 6.07) is 28.4. The number of benzene rings is 3. The monoisotopic (exact) mass is 518 g/mol. The second kappa shape index (κ2) is 14.5. The maximum Gasteiger partial charge on any atom is 0.414 e. The molecular formula is C30H34N2O6. The minimum atomic E-state index is -1.82. The molecule has 38 heavy (non-hydrogen) atoms. The first-order valence-corrected chi connectivity index (χ1v) is 12.7. The molecule has 3 aromatic carbocycles. The van der Waals surface area contributed by atoms with Gasteiger partial charge in [0.05, 0.1) is 0 Å². The summed E-state index contributed by atoms with van der Waals surface area (Å²) in [5, 5.41) is 14.8. The van der Waals surface area contributed by atoms with E-state index in [1.54, 1.807) is 0 Å². The van der Waals surface area contributed by atoms with Gasteiger partial charge in [0.2, 0.25) is 5.91 Å². The molecule has 1 aliphatic rings. The molecule has 1 fully saturated rings. The fourth-order valence-electron chi connectivity index (χ4n) is 4.34. The van der Waals surface area contributed by atoms with E-state index in [0.717, 1.165) is 50.5 Å². The third-order valence-corrected chi connectivity index (χ3v) is 6.31. The lowest BCUT2D eigenvalue weighted by atomic mass is 9.94. The van der Waals surface area contributed by atoms with Crippen molar-refractivity contribution in [2.45, 2.75) is 32.9 Å². The zero-order valence-corrected chi connectivity index (χ0v) is 21.5. The Balaban J connectivity index is 0.000000599. The van der Waals surface area contributed by atoms with Crippen LogP contribution < -0.4 is 4.74 Å². The van der Waals surface area contributed by atoms with E-state index in [1.165, 1.54) is 11.1 Å². The maximum atomic E-state index is 13.1. The zero-order valence-electron chi connectivity index (χ0n) is 21.5. The molecule has 3 aromatic rings. The fraction of sp³-hybridized carbons (Fsp3) is 0.300. The normalized spacial score (nSPS) is 13.6. The maximum absolute atomic E-state index is 13.1. The number of nitrogens with zero attached hydrogens (tertiary/aromatic N) is 2. The van der Waals surface area contributed by atoms with Gasteiger partial charge in [-0.2, -0.15) is 0 Å². The van der Waals surface area contributed by atoms with Crippen molar-refractivity contribution < 1.29 is 29.3 Å². The number of amides is 1. The lowest BCUT2D eigenvalue weighted by Gasteiger charge is -2.34. The van der Waals surface area contributed by atoms with Crippen molar-refractivity contribution in [2.24, 2.45) is 5.92 Å². The van der Waals surface area contributed by atoms with E-state index in [-0.39, 0.29) is 5.92 Å². The molecule has 0 radical (unpaired) electrons. The summed E-state index contributed by atoms with van der Waals surface area (Å²) in [4.78, 5) is 35.8. The van der Waals surface area contributed by atoms with Gasteiger partial charge in [0.25, 0.3) is 0 Å². The highest BCUT2D eigenvalue weighted by atomic mass is 16.5. The van der Waals surface area contributed by atoms with E-state index in [0.29, 0.717) is 12.5 Å². The van der Waals surface area contributed by atoms with E-state index in [2.05, 4.69) is 36.1 Å². The fourth-order valence-corrected chi connectivity index (χ4v) is 4.34. The molecule has 0 atom stereocenters. The number of hydrogen-bond donors (Lipinski definition) is 2. The predicted molar refractivity (Wildman–Crippen MR) is 144 cm³/mol. The molecule has 1 heterocycles. The van der Waals surface area contributed by atoms with Crippen molar-refractivity contribution in [3.8, 4) is 11.5 Å². The number of carboxylic acids is 2. The van der Waals surface area contributed by atoms with Crippen LogP contribution >= 0.6 is 0 Å². The summed E-state index contributed by atoms with van der Waals surface area (Å²) >= 11 is 0. The van der Waals surface area contributed by atoms with Crippen LogP contribution in [0.25, 0.3) is 0 Å². The van der Waals surface area contributed by atoms with Crippen LogP contribution in [0.4, 0.5) is 0 Å². The van der Waals surface area contributed by atoms with Crippen molar-refractivity contribution >= 4 is 17.8 Å². The van der Waals surface area contributed by atoms with Crippen molar-refractivity contribution in [2.75, 3.05) is 19.6 Å². The van der Waals surface area contributed by atoms with Gasteiger partial charge < -0.3 is 19.8 Å².